The zero-order chi connectivity index (χ0) is 13.9. The summed E-state index contributed by atoms with van der Waals surface area (Å²) in [5.74, 6) is 0. The van der Waals surface area contributed by atoms with Crippen molar-refractivity contribution >= 4 is 21.6 Å². The molecule has 1 fully saturated rings. The van der Waals surface area contributed by atoms with E-state index in [1.54, 1.807) is 0 Å². The number of nitriles is 1. The summed E-state index contributed by atoms with van der Waals surface area (Å²) < 4.78 is 6.83. The van der Waals surface area contributed by atoms with Gasteiger partial charge in [0.25, 0.3) is 0 Å². The summed E-state index contributed by atoms with van der Waals surface area (Å²) in [5, 5.41) is 12.7. The van der Waals surface area contributed by atoms with Crippen molar-refractivity contribution in [2.75, 3.05) is 11.9 Å². The Kier molecular flexibility index (Phi) is 4.49. The third-order valence-corrected chi connectivity index (χ3v) is 4.30. The molecular weight excluding hydrogens is 304 g/mol. The minimum atomic E-state index is -0.0469. The van der Waals surface area contributed by atoms with E-state index in [4.69, 9.17) is 10.00 Å². The van der Waals surface area contributed by atoms with Gasteiger partial charge in [0.2, 0.25) is 0 Å². The van der Waals surface area contributed by atoms with Crippen molar-refractivity contribution in [2.45, 2.75) is 44.8 Å². The van der Waals surface area contributed by atoms with Crippen molar-refractivity contribution in [2.24, 2.45) is 0 Å². The number of ether oxygens (including phenoxy) is 1. The Hall–Kier alpha value is -1.05. The number of hydrogen-bond acceptors (Lipinski definition) is 3. The first kappa shape index (κ1) is 14.4. The predicted octanol–water partition coefficient (Wildman–Crippen LogP) is 4.08. The van der Waals surface area contributed by atoms with Crippen LogP contribution in [-0.2, 0) is 4.74 Å². The number of nitrogens with one attached hydrogen (secondary N) is 1. The maximum Gasteiger partial charge on any atom is 0.101 e. The predicted molar refractivity (Wildman–Crippen MR) is 80.1 cm³/mol. The van der Waals surface area contributed by atoms with Crippen molar-refractivity contribution in [1.82, 2.24) is 0 Å². The summed E-state index contributed by atoms with van der Waals surface area (Å²) >= 11 is 3.45. The molecule has 4 heteroatoms. The number of anilines is 1. The van der Waals surface area contributed by atoms with Gasteiger partial charge >= 0.3 is 0 Å². The second kappa shape index (κ2) is 5.94. The van der Waals surface area contributed by atoms with Gasteiger partial charge in [0.05, 0.1) is 16.9 Å². The van der Waals surface area contributed by atoms with Crippen LogP contribution in [0.5, 0.6) is 0 Å². The van der Waals surface area contributed by atoms with E-state index in [1.807, 2.05) is 18.2 Å². The highest BCUT2D eigenvalue weighted by atomic mass is 79.9. The molecule has 1 saturated heterocycles. The van der Waals surface area contributed by atoms with Gasteiger partial charge in [-0.3, -0.25) is 0 Å². The maximum atomic E-state index is 9.16. The molecule has 19 heavy (non-hydrogen) atoms. The first-order chi connectivity index (χ1) is 9.06. The van der Waals surface area contributed by atoms with Crippen LogP contribution in [0.4, 0.5) is 5.69 Å². The van der Waals surface area contributed by atoms with E-state index < -0.39 is 0 Å². The molecule has 1 aromatic carbocycles. The van der Waals surface area contributed by atoms with E-state index in [0.29, 0.717) is 11.6 Å². The van der Waals surface area contributed by atoms with Crippen LogP contribution >= 0.6 is 15.9 Å². The maximum absolute atomic E-state index is 9.16. The topological polar surface area (TPSA) is 45.0 Å². The van der Waals surface area contributed by atoms with Crippen LogP contribution in [0.25, 0.3) is 0 Å². The summed E-state index contributed by atoms with van der Waals surface area (Å²) in [6.45, 7) is 5.09. The molecule has 0 saturated carbocycles. The Bertz CT molecular complexity index is 497. The third-order valence-electron chi connectivity index (χ3n) is 3.80. The van der Waals surface area contributed by atoms with Crippen LogP contribution in [-0.4, -0.2) is 18.2 Å². The van der Waals surface area contributed by atoms with Crippen molar-refractivity contribution in [3.8, 4) is 6.07 Å². The van der Waals surface area contributed by atoms with Crippen molar-refractivity contribution in [1.29, 1.82) is 5.26 Å². The number of halogens is 1. The molecule has 1 aliphatic heterocycles. The molecule has 0 aliphatic carbocycles. The summed E-state index contributed by atoms with van der Waals surface area (Å²) in [5.41, 5.74) is 1.55. The quantitative estimate of drug-likeness (QED) is 0.911. The van der Waals surface area contributed by atoms with Gasteiger partial charge in [0, 0.05) is 17.1 Å². The fourth-order valence-corrected chi connectivity index (χ4v) is 2.81. The van der Waals surface area contributed by atoms with E-state index in [1.165, 1.54) is 0 Å². The molecule has 1 heterocycles. The van der Waals surface area contributed by atoms with Crippen LogP contribution in [0.15, 0.2) is 22.7 Å². The Labute approximate surface area is 123 Å². The molecule has 1 N–H and O–H groups in total. The van der Waals surface area contributed by atoms with Crippen LogP contribution in [0.3, 0.4) is 0 Å². The first-order valence-electron chi connectivity index (χ1n) is 6.66. The van der Waals surface area contributed by atoms with Gasteiger partial charge < -0.3 is 10.1 Å². The highest BCUT2D eigenvalue weighted by Crippen LogP contribution is 2.31. The minimum Gasteiger partial charge on any atom is -0.381 e. The second-order valence-electron chi connectivity index (χ2n) is 5.29. The Morgan fingerprint density at radius 2 is 2.37 bits per heavy atom. The summed E-state index contributed by atoms with van der Waals surface area (Å²) in [4.78, 5) is 0. The zero-order valence-corrected chi connectivity index (χ0v) is 13.0. The fourth-order valence-electron chi connectivity index (χ4n) is 2.45. The monoisotopic (exact) mass is 322 g/mol. The Morgan fingerprint density at radius 3 is 3.05 bits per heavy atom. The lowest BCUT2D eigenvalue weighted by atomic mass is 9.89. The molecule has 2 rings (SSSR count). The molecular formula is C15H19BrN2O. The van der Waals surface area contributed by atoms with E-state index in [-0.39, 0.29) is 5.60 Å². The lowest BCUT2D eigenvalue weighted by molar-refractivity contribution is -0.0708. The molecule has 1 aliphatic rings. The van der Waals surface area contributed by atoms with E-state index in [0.717, 1.165) is 36.0 Å². The van der Waals surface area contributed by atoms with Gasteiger partial charge in [-0.25, -0.2) is 0 Å². The number of nitrogens with zero attached hydrogens (tertiary/aromatic N) is 1. The smallest absolute Gasteiger partial charge is 0.101 e. The average Bonchev–Trinajstić information content (AvgIpc) is 2.39. The fraction of sp³-hybridized carbons (Fsp3) is 0.533. The molecule has 0 spiro atoms. The molecule has 0 radical (unpaired) electrons. The van der Waals surface area contributed by atoms with Crippen LogP contribution in [0.2, 0.25) is 0 Å². The normalized spacial score (nSPS) is 26.7. The van der Waals surface area contributed by atoms with Gasteiger partial charge in [-0.15, -0.1) is 0 Å². The lowest BCUT2D eigenvalue weighted by Crippen LogP contribution is -2.41. The molecule has 2 unspecified atom stereocenters. The highest BCUT2D eigenvalue weighted by Gasteiger charge is 2.31. The SMILES string of the molecule is CCC1(C)CC(Nc2cc(Br)ccc2C#N)CCO1. The van der Waals surface area contributed by atoms with Crippen LogP contribution < -0.4 is 5.32 Å². The molecule has 2 atom stereocenters. The van der Waals surface area contributed by atoms with Crippen molar-refractivity contribution in [3.63, 3.8) is 0 Å². The Balaban J connectivity index is 2.13. The summed E-state index contributed by atoms with van der Waals surface area (Å²) in [6.07, 6.45) is 2.96. The molecule has 3 nitrogen and oxygen atoms in total. The van der Waals surface area contributed by atoms with Crippen molar-refractivity contribution in [3.05, 3.63) is 28.2 Å². The molecule has 0 bridgehead atoms. The van der Waals surface area contributed by atoms with E-state index in [9.17, 15) is 0 Å². The minimum absolute atomic E-state index is 0.0469. The number of rotatable bonds is 3. The number of hydrogen-bond donors (Lipinski definition) is 1. The summed E-state index contributed by atoms with van der Waals surface area (Å²) in [6, 6.07) is 8.29. The first-order valence-corrected chi connectivity index (χ1v) is 7.46. The van der Waals surface area contributed by atoms with Gasteiger partial charge in [-0.2, -0.15) is 5.26 Å². The Morgan fingerprint density at radius 1 is 1.58 bits per heavy atom. The molecule has 0 aromatic heterocycles. The highest BCUT2D eigenvalue weighted by molar-refractivity contribution is 9.10. The number of benzene rings is 1. The standard InChI is InChI=1S/C15H19BrN2O/c1-3-15(2)9-13(6-7-19-15)18-14-8-12(16)5-4-11(14)10-17/h4-5,8,13,18H,3,6-7,9H2,1-2H3. The largest absolute Gasteiger partial charge is 0.381 e. The van der Waals surface area contributed by atoms with Gasteiger partial charge in [0.15, 0.2) is 0 Å². The van der Waals surface area contributed by atoms with Crippen molar-refractivity contribution < 1.29 is 4.74 Å². The molecule has 0 amide bonds. The van der Waals surface area contributed by atoms with Gasteiger partial charge in [-0.1, -0.05) is 22.9 Å². The molecule has 1 aromatic rings. The second-order valence-corrected chi connectivity index (χ2v) is 6.20. The van der Waals surface area contributed by atoms with Gasteiger partial charge in [0.1, 0.15) is 6.07 Å². The summed E-state index contributed by atoms with van der Waals surface area (Å²) in [7, 11) is 0. The van der Waals surface area contributed by atoms with Crippen LogP contribution in [0.1, 0.15) is 38.7 Å². The lowest BCUT2D eigenvalue weighted by Gasteiger charge is -2.38. The zero-order valence-electron chi connectivity index (χ0n) is 11.4. The van der Waals surface area contributed by atoms with E-state index in [2.05, 4.69) is 41.2 Å². The molecule has 102 valence electrons. The average molecular weight is 323 g/mol. The van der Waals surface area contributed by atoms with E-state index >= 15 is 0 Å². The third kappa shape index (κ3) is 3.49. The van der Waals surface area contributed by atoms with Crippen LogP contribution in [0, 0.1) is 11.3 Å². The van der Waals surface area contributed by atoms with Gasteiger partial charge in [-0.05, 0) is 44.4 Å².